The molecule has 36 heavy (non-hydrogen) atoms. The van der Waals surface area contributed by atoms with E-state index in [1.54, 1.807) is 11.3 Å². The lowest BCUT2D eigenvalue weighted by Crippen LogP contribution is -2.59. The second kappa shape index (κ2) is 9.77. The molecule has 194 valence electrons. The Morgan fingerprint density at radius 3 is 2.75 bits per heavy atom. The molecule has 8 heteroatoms. The first-order valence-corrected chi connectivity index (χ1v) is 14.2. The molecular formula is C28H40N6OS. The van der Waals surface area contributed by atoms with Crippen molar-refractivity contribution >= 4 is 29.0 Å². The molecule has 2 fully saturated rings. The number of rotatable bonds is 8. The number of amides is 1. The highest BCUT2D eigenvalue weighted by molar-refractivity contribution is 7.09. The predicted octanol–water partition coefficient (Wildman–Crippen LogP) is 4.74. The summed E-state index contributed by atoms with van der Waals surface area (Å²) in [4.78, 5) is 31.1. The molecule has 2 aromatic rings. The van der Waals surface area contributed by atoms with E-state index in [1.807, 2.05) is 11.1 Å². The maximum Gasteiger partial charge on any atom is 0.245 e. The SMILES string of the molecule is C=CC(=O)N1CC2(CCN(c3nc4c(c(NC(Cc5nccs5)CC(C)C)n3)CCC(C)(C)C4)C2)C1. The van der Waals surface area contributed by atoms with Crippen LogP contribution in [-0.4, -0.2) is 58.0 Å². The van der Waals surface area contributed by atoms with Crippen LogP contribution in [0.4, 0.5) is 11.8 Å². The van der Waals surface area contributed by atoms with Gasteiger partial charge in [0.05, 0.1) is 10.7 Å². The van der Waals surface area contributed by atoms with Crippen LogP contribution in [0.5, 0.6) is 0 Å². The number of anilines is 2. The van der Waals surface area contributed by atoms with E-state index < -0.39 is 0 Å². The first-order valence-electron chi connectivity index (χ1n) is 13.4. The van der Waals surface area contributed by atoms with E-state index in [1.165, 1.54) is 22.3 Å². The van der Waals surface area contributed by atoms with Gasteiger partial charge in [0.25, 0.3) is 0 Å². The number of hydrogen-bond donors (Lipinski definition) is 1. The van der Waals surface area contributed by atoms with Crippen LogP contribution in [-0.2, 0) is 24.1 Å². The van der Waals surface area contributed by atoms with Crippen molar-refractivity contribution in [1.29, 1.82) is 0 Å². The number of likely N-dealkylation sites (tertiary alicyclic amines) is 1. The monoisotopic (exact) mass is 508 g/mol. The standard InChI is InChI=1S/C28H40N6OS/c1-6-24(35)34-17-28(18-34)9-11-33(16-28)26-31-22-15-27(4,5)8-7-21(22)25(32-26)30-20(13-19(2)3)14-23-29-10-12-36-23/h6,10,12,19-20H,1,7-9,11,13-18H2,2-5H3,(H,30,31,32). The lowest BCUT2D eigenvalue weighted by Gasteiger charge is -2.47. The zero-order valence-corrected chi connectivity index (χ0v) is 23.0. The summed E-state index contributed by atoms with van der Waals surface area (Å²) in [6.45, 7) is 16.3. The van der Waals surface area contributed by atoms with Crippen molar-refractivity contribution < 1.29 is 4.79 Å². The molecule has 0 bridgehead atoms. The van der Waals surface area contributed by atoms with Gasteiger partial charge in [-0.3, -0.25) is 4.79 Å². The molecule has 7 nitrogen and oxygen atoms in total. The topological polar surface area (TPSA) is 74.2 Å². The minimum absolute atomic E-state index is 0.0363. The summed E-state index contributed by atoms with van der Waals surface area (Å²) in [6, 6.07) is 0.285. The molecule has 2 aliphatic heterocycles. The largest absolute Gasteiger partial charge is 0.367 e. The molecule has 1 spiro atoms. The zero-order valence-electron chi connectivity index (χ0n) is 22.2. The Morgan fingerprint density at radius 2 is 2.06 bits per heavy atom. The molecule has 5 rings (SSSR count). The van der Waals surface area contributed by atoms with Gasteiger partial charge in [0.15, 0.2) is 0 Å². The molecule has 1 atom stereocenters. The van der Waals surface area contributed by atoms with Gasteiger partial charge in [-0.25, -0.2) is 9.97 Å². The number of aromatic nitrogens is 3. The first kappa shape index (κ1) is 25.2. The smallest absolute Gasteiger partial charge is 0.245 e. The Balaban J connectivity index is 1.40. The average Bonchev–Trinajstić information content (AvgIpc) is 3.46. The molecule has 1 N–H and O–H groups in total. The Morgan fingerprint density at radius 1 is 1.25 bits per heavy atom. The summed E-state index contributed by atoms with van der Waals surface area (Å²) < 4.78 is 0. The minimum Gasteiger partial charge on any atom is -0.367 e. The molecule has 2 aromatic heterocycles. The fourth-order valence-electron chi connectivity index (χ4n) is 6.12. The van der Waals surface area contributed by atoms with Crippen LogP contribution in [0.1, 0.15) is 63.2 Å². The predicted molar refractivity (Wildman–Crippen MR) is 147 cm³/mol. The Hall–Kier alpha value is -2.48. The lowest BCUT2D eigenvalue weighted by atomic mass is 9.76. The Bertz CT molecular complexity index is 1110. The number of carbonyl (C=O) groups is 1. The number of fused-ring (bicyclic) bond motifs is 1. The molecule has 0 radical (unpaired) electrons. The molecule has 0 saturated carbocycles. The molecule has 1 amide bonds. The Kier molecular flexibility index (Phi) is 6.83. The molecular weight excluding hydrogens is 468 g/mol. The maximum absolute atomic E-state index is 12.0. The first-order chi connectivity index (χ1) is 17.2. The summed E-state index contributed by atoms with van der Waals surface area (Å²) in [6.07, 6.45) is 9.52. The Labute approximate surface area is 219 Å². The van der Waals surface area contributed by atoms with Crippen LogP contribution in [0.2, 0.25) is 0 Å². The van der Waals surface area contributed by atoms with E-state index in [9.17, 15) is 4.79 Å². The molecule has 0 aromatic carbocycles. The van der Waals surface area contributed by atoms with Gasteiger partial charge in [-0.05, 0) is 49.5 Å². The summed E-state index contributed by atoms with van der Waals surface area (Å²) in [7, 11) is 0. The van der Waals surface area contributed by atoms with Crippen molar-refractivity contribution in [3.63, 3.8) is 0 Å². The summed E-state index contributed by atoms with van der Waals surface area (Å²) in [5.41, 5.74) is 2.91. The van der Waals surface area contributed by atoms with Crippen molar-refractivity contribution in [2.45, 2.75) is 72.3 Å². The second-order valence-corrected chi connectivity index (χ2v) is 13.3. The summed E-state index contributed by atoms with van der Waals surface area (Å²) in [5, 5.41) is 7.10. The number of carbonyl (C=O) groups excluding carboxylic acids is 1. The van der Waals surface area contributed by atoms with Crippen molar-refractivity contribution in [2.24, 2.45) is 16.7 Å². The molecule has 1 unspecified atom stereocenters. The maximum atomic E-state index is 12.0. The minimum atomic E-state index is 0.0363. The van der Waals surface area contributed by atoms with Crippen molar-refractivity contribution in [3.8, 4) is 0 Å². The van der Waals surface area contributed by atoms with Gasteiger partial charge in [-0.2, -0.15) is 4.98 Å². The summed E-state index contributed by atoms with van der Waals surface area (Å²) >= 11 is 1.73. The van der Waals surface area contributed by atoms with Crippen LogP contribution in [0.3, 0.4) is 0 Å². The van der Waals surface area contributed by atoms with Gasteiger partial charge in [-0.1, -0.05) is 34.3 Å². The third kappa shape index (κ3) is 5.29. The van der Waals surface area contributed by atoms with Gasteiger partial charge < -0.3 is 15.1 Å². The number of hydrogen-bond acceptors (Lipinski definition) is 7. The lowest BCUT2D eigenvalue weighted by molar-refractivity contribution is -0.136. The fraction of sp³-hybridized carbons (Fsp3) is 0.643. The second-order valence-electron chi connectivity index (χ2n) is 12.3. The van der Waals surface area contributed by atoms with Crippen LogP contribution in [0.25, 0.3) is 0 Å². The van der Waals surface area contributed by atoms with E-state index >= 15 is 0 Å². The van der Waals surface area contributed by atoms with Crippen LogP contribution < -0.4 is 10.2 Å². The van der Waals surface area contributed by atoms with Crippen molar-refractivity contribution in [1.82, 2.24) is 19.9 Å². The zero-order chi connectivity index (χ0) is 25.5. The molecule has 2 saturated heterocycles. The highest BCUT2D eigenvalue weighted by Crippen LogP contribution is 2.42. The quantitative estimate of drug-likeness (QED) is 0.519. The highest BCUT2D eigenvalue weighted by atomic mass is 32.1. The van der Waals surface area contributed by atoms with Gasteiger partial charge in [-0.15, -0.1) is 11.3 Å². The normalized spacial score (nSPS) is 20.8. The van der Waals surface area contributed by atoms with E-state index in [4.69, 9.17) is 9.97 Å². The van der Waals surface area contributed by atoms with E-state index in [0.717, 1.165) is 76.5 Å². The van der Waals surface area contributed by atoms with Crippen LogP contribution >= 0.6 is 11.3 Å². The van der Waals surface area contributed by atoms with Gasteiger partial charge in [0, 0.05) is 61.2 Å². The van der Waals surface area contributed by atoms with Crippen molar-refractivity contribution in [3.05, 3.63) is 40.5 Å². The third-order valence-corrected chi connectivity index (χ3v) is 8.84. The van der Waals surface area contributed by atoms with Crippen LogP contribution in [0, 0.1) is 16.7 Å². The van der Waals surface area contributed by atoms with E-state index in [2.05, 4.69) is 54.9 Å². The number of nitrogens with zero attached hydrogens (tertiary/aromatic N) is 5. The van der Waals surface area contributed by atoms with E-state index in [0.29, 0.717) is 5.92 Å². The summed E-state index contributed by atoms with van der Waals surface area (Å²) in [5.74, 6) is 2.48. The third-order valence-electron chi connectivity index (χ3n) is 8.04. The molecule has 3 aliphatic rings. The van der Waals surface area contributed by atoms with Gasteiger partial charge in [0.2, 0.25) is 11.9 Å². The van der Waals surface area contributed by atoms with Gasteiger partial charge in [0.1, 0.15) is 5.82 Å². The average molecular weight is 509 g/mol. The number of nitrogens with one attached hydrogen (secondary N) is 1. The highest BCUT2D eigenvalue weighted by Gasteiger charge is 2.49. The number of thiazole rings is 1. The molecule has 1 aliphatic carbocycles. The molecule has 4 heterocycles. The van der Waals surface area contributed by atoms with Crippen LogP contribution in [0.15, 0.2) is 24.2 Å². The van der Waals surface area contributed by atoms with E-state index in [-0.39, 0.29) is 22.8 Å². The van der Waals surface area contributed by atoms with Gasteiger partial charge >= 0.3 is 0 Å². The fourth-order valence-corrected chi connectivity index (χ4v) is 6.82. The van der Waals surface area contributed by atoms with Crippen molar-refractivity contribution in [2.75, 3.05) is 36.4 Å².